The van der Waals surface area contributed by atoms with Crippen molar-refractivity contribution in [3.05, 3.63) is 77.4 Å². The van der Waals surface area contributed by atoms with Crippen LogP contribution in [0.25, 0.3) is 22.7 Å². The summed E-state index contributed by atoms with van der Waals surface area (Å²) in [6.07, 6.45) is 0. The van der Waals surface area contributed by atoms with Gasteiger partial charge in [0.1, 0.15) is 23.6 Å². The normalized spacial score (nSPS) is 12.0. The standard InChI is InChI=1S/C23H23N5O3/c1-15-20(21(27-31-15)17-7-5-4-6-8-17)23-26-25-19(30-23)14-28(3)13-16-9-11-18(12-10-16)22(29)24-2/h4-12H,13-14H2,1-3H3,(H,24,29)/p+1. The molecule has 0 aliphatic heterocycles. The van der Waals surface area contributed by atoms with E-state index in [9.17, 15) is 4.79 Å². The summed E-state index contributed by atoms with van der Waals surface area (Å²) < 4.78 is 11.3. The number of aromatic nitrogens is 3. The number of aryl methyl sites for hydroxylation is 1. The van der Waals surface area contributed by atoms with Gasteiger partial charge in [0.25, 0.3) is 17.7 Å². The van der Waals surface area contributed by atoms with E-state index in [0.29, 0.717) is 40.9 Å². The molecule has 158 valence electrons. The van der Waals surface area contributed by atoms with Crippen LogP contribution >= 0.6 is 0 Å². The lowest BCUT2D eigenvalue weighted by molar-refractivity contribution is -0.909. The lowest BCUT2D eigenvalue weighted by Gasteiger charge is -2.12. The number of nitrogens with one attached hydrogen (secondary N) is 2. The molecule has 1 amide bonds. The van der Waals surface area contributed by atoms with Crippen molar-refractivity contribution in [2.75, 3.05) is 14.1 Å². The van der Waals surface area contributed by atoms with E-state index in [0.717, 1.165) is 17.7 Å². The van der Waals surface area contributed by atoms with E-state index in [4.69, 9.17) is 8.94 Å². The summed E-state index contributed by atoms with van der Waals surface area (Å²) in [5.74, 6) is 1.47. The Labute approximate surface area is 179 Å². The van der Waals surface area contributed by atoms with Crippen molar-refractivity contribution in [1.29, 1.82) is 0 Å². The molecule has 8 nitrogen and oxygen atoms in total. The molecule has 1 unspecified atom stereocenters. The molecule has 4 rings (SSSR count). The predicted octanol–water partition coefficient (Wildman–Crippen LogP) is 2.27. The van der Waals surface area contributed by atoms with Gasteiger partial charge in [-0.2, -0.15) is 0 Å². The van der Waals surface area contributed by atoms with Crippen molar-refractivity contribution in [3.8, 4) is 22.7 Å². The lowest BCUT2D eigenvalue weighted by atomic mass is 10.1. The first-order valence-electron chi connectivity index (χ1n) is 10.0. The Morgan fingerprint density at radius 1 is 1.03 bits per heavy atom. The van der Waals surface area contributed by atoms with E-state index in [1.54, 1.807) is 7.05 Å². The highest BCUT2D eigenvalue weighted by Crippen LogP contribution is 2.33. The Balaban J connectivity index is 1.46. The van der Waals surface area contributed by atoms with Crippen LogP contribution in [0.5, 0.6) is 0 Å². The predicted molar refractivity (Wildman–Crippen MR) is 114 cm³/mol. The number of benzene rings is 2. The number of amides is 1. The molecule has 8 heteroatoms. The fraction of sp³-hybridized carbons (Fsp3) is 0.217. The highest BCUT2D eigenvalue weighted by Gasteiger charge is 2.22. The fourth-order valence-electron chi connectivity index (χ4n) is 3.43. The molecule has 0 saturated heterocycles. The van der Waals surface area contributed by atoms with E-state index >= 15 is 0 Å². The van der Waals surface area contributed by atoms with E-state index < -0.39 is 0 Å². The highest BCUT2D eigenvalue weighted by atomic mass is 16.5. The van der Waals surface area contributed by atoms with Gasteiger partial charge in [0.2, 0.25) is 0 Å². The summed E-state index contributed by atoms with van der Waals surface area (Å²) in [6, 6.07) is 17.3. The number of hydrogen-bond acceptors (Lipinski definition) is 6. The molecule has 0 aliphatic rings. The van der Waals surface area contributed by atoms with Crippen LogP contribution in [-0.2, 0) is 13.1 Å². The topological polar surface area (TPSA) is 98.5 Å². The Kier molecular flexibility index (Phi) is 5.90. The third-order valence-corrected chi connectivity index (χ3v) is 4.99. The molecule has 0 spiro atoms. The molecular formula is C23H24N5O3+. The summed E-state index contributed by atoms with van der Waals surface area (Å²) in [5.41, 5.74) is 4.09. The Morgan fingerprint density at radius 2 is 1.77 bits per heavy atom. The van der Waals surface area contributed by atoms with Crippen molar-refractivity contribution in [1.82, 2.24) is 20.7 Å². The molecule has 0 aliphatic carbocycles. The average Bonchev–Trinajstić information content (AvgIpc) is 3.40. The third kappa shape index (κ3) is 4.54. The molecule has 2 heterocycles. The summed E-state index contributed by atoms with van der Waals surface area (Å²) >= 11 is 0. The smallest absolute Gasteiger partial charge is 0.271 e. The minimum Gasteiger partial charge on any atom is -0.415 e. The van der Waals surface area contributed by atoms with Gasteiger partial charge in [0.05, 0.1) is 7.05 Å². The summed E-state index contributed by atoms with van der Waals surface area (Å²) in [6.45, 7) is 3.15. The van der Waals surface area contributed by atoms with Crippen molar-refractivity contribution in [2.45, 2.75) is 20.0 Å². The Morgan fingerprint density at radius 3 is 2.48 bits per heavy atom. The van der Waals surface area contributed by atoms with Crippen LogP contribution in [0.2, 0.25) is 0 Å². The molecule has 1 atom stereocenters. The summed E-state index contributed by atoms with van der Waals surface area (Å²) in [4.78, 5) is 12.8. The van der Waals surface area contributed by atoms with Crippen LogP contribution < -0.4 is 10.2 Å². The monoisotopic (exact) mass is 418 g/mol. The van der Waals surface area contributed by atoms with Crippen LogP contribution in [0, 0.1) is 6.92 Å². The second-order valence-corrected chi connectivity index (χ2v) is 7.42. The van der Waals surface area contributed by atoms with Gasteiger partial charge in [0.15, 0.2) is 6.54 Å². The van der Waals surface area contributed by atoms with Crippen LogP contribution in [0.1, 0.15) is 27.6 Å². The highest BCUT2D eigenvalue weighted by molar-refractivity contribution is 5.93. The van der Waals surface area contributed by atoms with Crippen LogP contribution in [0.15, 0.2) is 63.5 Å². The first-order valence-corrected chi connectivity index (χ1v) is 10.0. The Bertz CT molecular complexity index is 1170. The zero-order valence-electron chi connectivity index (χ0n) is 17.7. The fourth-order valence-corrected chi connectivity index (χ4v) is 3.43. The zero-order valence-corrected chi connectivity index (χ0v) is 17.7. The first-order chi connectivity index (χ1) is 15.0. The van der Waals surface area contributed by atoms with Gasteiger partial charge in [-0.3, -0.25) is 4.79 Å². The zero-order chi connectivity index (χ0) is 21.8. The minimum atomic E-state index is -0.0930. The number of rotatable bonds is 7. The number of carbonyl (C=O) groups excluding carboxylic acids is 1. The minimum absolute atomic E-state index is 0.0930. The second-order valence-electron chi connectivity index (χ2n) is 7.42. The number of nitrogens with zero attached hydrogens (tertiary/aromatic N) is 3. The van der Waals surface area contributed by atoms with E-state index in [1.807, 2.05) is 61.5 Å². The van der Waals surface area contributed by atoms with Crippen LogP contribution in [0.3, 0.4) is 0 Å². The summed E-state index contributed by atoms with van der Waals surface area (Å²) in [7, 11) is 3.67. The molecule has 2 aromatic carbocycles. The maximum Gasteiger partial charge on any atom is 0.271 e. The third-order valence-electron chi connectivity index (χ3n) is 4.99. The van der Waals surface area contributed by atoms with Gasteiger partial charge in [0, 0.05) is 23.7 Å². The Hall–Kier alpha value is -3.78. The molecule has 31 heavy (non-hydrogen) atoms. The van der Waals surface area contributed by atoms with Gasteiger partial charge >= 0.3 is 0 Å². The molecule has 0 bridgehead atoms. The van der Waals surface area contributed by atoms with E-state index in [2.05, 4.69) is 27.7 Å². The maximum absolute atomic E-state index is 11.7. The van der Waals surface area contributed by atoms with Crippen LogP contribution in [-0.4, -0.2) is 35.4 Å². The first kappa shape index (κ1) is 20.5. The molecular weight excluding hydrogens is 394 g/mol. The molecule has 0 fully saturated rings. The molecule has 4 aromatic rings. The van der Waals surface area contributed by atoms with Crippen LogP contribution in [0.4, 0.5) is 0 Å². The van der Waals surface area contributed by atoms with Gasteiger partial charge in [-0.05, 0) is 19.1 Å². The quantitative estimate of drug-likeness (QED) is 0.478. The lowest BCUT2D eigenvalue weighted by Crippen LogP contribution is -3.06. The molecule has 0 saturated carbocycles. The SMILES string of the molecule is CNC(=O)c1ccc(C[NH+](C)Cc2nnc(-c3c(-c4ccccc4)noc3C)o2)cc1. The molecule has 0 radical (unpaired) electrons. The average molecular weight is 418 g/mol. The van der Waals surface area contributed by atoms with Gasteiger partial charge in [-0.1, -0.05) is 47.6 Å². The van der Waals surface area contributed by atoms with Gasteiger partial charge < -0.3 is 19.2 Å². The van der Waals surface area contributed by atoms with Gasteiger partial charge in [-0.25, -0.2) is 0 Å². The summed E-state index contributed by atoms with van der Waals surface area (Å²) in [5, 5.41) is 15.3. The number of hydrogen-bond donors (Lipinski definition) is 2. The number of carbonyl (C=O) groups is 1. The molecule has 2 aromatic heterocycles. The van der Waals surface area contributed by atoms with Crippen molar-refractivity contribution in [3.63, 3.8) is 0 Å². The second kappa shape index (κ2) is 8.93. The molecule has 2 N–H and O–H groups in total. The van der Waals surface area contributed by atoms with Crippen molar-refractivity contribution >= 4 is 5.91 Å². The van der Waals surface area contributed by atoms with Crippen molar-refractivity contribution in [2.24, 2.45) is 0 Å². The largest absolute Gasteiger partial charge is 0.415 e. The van der Waals surface area contributed by atoms with E-state index in [-0.39, 0.29) is 5.91 Å². The van der Waals surface area contributed by atoms with E-state index in [1.165, 1.54) is 4.90 Å². The maximum atomic E-state index is 11.7. The number of quaternary nitrogens is 1. The van der Waals surface area contributed by atoms with Gasteiger partial charge in [-0.15, -0.1) is 10.2 Å². The van der Waals surface area contributed by atoms with Crippen molar-refractivity contribution < 1.29 is 18.6 Å².